The first-order valence-electron chi connectivity index (χ1n) is 7.81. The number of para-hydroxylation sites is 1. The van der Waals surface area contributed by atoms with Crippen molar-refractivity contribution in [3.05, 3.63) is 60.2 Å². The molecule has 1 aromatic heterocycles. The maximum atomic E-state index is 11.4. The van der Waals surface area contributed by atoms with Crippen molar-refractivity contribution in [2.24, 2.45) is 12.1 Å². The molecule has 5 heteroatoms. The molecule has 3 rings (SSSR count). The number of hydrogen-bond acceptors (Lipinski definition) is 3. The van der Waals surface area contributed by atoms with Crippen LogP contribution < -0.4 is 5.43 Å². The number of aromatic nitrogens is 1. The van der Waals surface area contributed by atoms with Crippen molar-refractivity contribution >= 4 is 23.2 Å². The van der Waals surface area contributed by atoms with Crippen molar-refractivity contribution in [1.82, 2.24) is 9.99 Å². The van der Waals surface area contributed by atoms with E-state index in [9.17, 15) is 4.79 Å². The zero-order valence-electron chi connectivity index (χ0n) is 13.7. The van der Waals surface area contributed by atoms with Gasteiger partial charge in [0.1, 0.15) is 0 Å². The predicted octanol–water partition coefficient (Wildman–Crippen LogP) is 3.93. The molecule has 0 unspecified atom stereocenters. The van der Waals surface area contributed by atoms with E-state index in [0.29, 0.717) is 6.61 Å². The molecule has 0 aliphatic carbocycles. The lowest BCUT2D eigenvalue weighted by molar-refractivity contribution is 0.152. The van der Waals surface area contributed by atoms with Gasteiger partial charge >= 0.3 is 6.09 Å². The van der Waals surface area contributed by atoms with Gasteiger partial charge in [-0.3, -0.25) is 0 Å². The molecule has 2 aromatic carbocycles. The van der Waals surface area contributed by atoms with Crippen molar-refractivity contribution in [2.75, 3.05) is 6.61 Å². The van der Waals surface area contributed by atoms with Crippen molar-refractivity contribution in [2.45, 2.75) is 6.92 Å². The normalized spacial score (nSPS) is 11.1. The zero-order valence-corrected chi connectivity index (χ0v) is 13.7. The van der Waals surface area contributed by atoms with Crippen molar-refractivity contribution in [1.29, 1.82) is 0 Å². The van der Waals surface area contributed by atoms with Gasteiger partial charge in [-0.15, -0.1) is 0 Å². The minimum absolute atomic E-state index is 0.310. The predicted molar refractivity (Wildman–Crippen MR) is 96.1 cm³/mol. The minimum Gasteiger partial charge on any atom is -0.449 e. The molecule has 0 aliphatic heterocycles. The fourth-order valence-corrected chi connectivity index (χ4v) is 2.81. The summed E-state index contributed by atoms with van der Waals surface area (Å²) in [6.45, 7) is 2.06. The summed E-state index contributed by atoms with van der Waals surface area (Å²) in [5.74, 6) is 0. The maximum Gasteiger partial charge on any atom is 0.427 e. The number of hydrazone groups is 1. The number of carbonyl (C=O) groups is 1. The fraction of sp³-hybridized carbons (Fsp3) is 0.158. The Morgan fingerprint density at radius 3 is 2.62 bits per heavy atom. The first-order chi connectivity index (χ1) is 11.7. The highest BCUT2D eigenvalue weighted by Gasteiger charge is 2.14. The Morgan fingerprint density at radius 2 is 1.88 bits per heavy atom. The summed E-state index contributed by atoms with van der Waals surface area (Å²) in [5, 5.41) is 5.12. The van der Waals surface area contributed by atoms with Crippen LogP contribution in [0.3, 0.4) is 0 Å². The van der Waals surface area contributed by atoms with Crippen LogP contribution in [0.15, 0.2) is 59.7 Å². The van der Waals surface area contributed by atoms with Crippen LogP contribution in [0.1, 0.15) is 12.5 Å². The van der Waals surface area contributed by atoms with Crippen LogP contribution in [0, 0.1) is 0 Å². The highest BCUT2D eigenvalue weighted by atomic mass is 16.5. The average molecular weight is 321 g/mol. The molecule has 0 spiro atoms. The summed E-state index contributed by atoms with van der Waals surface area (Å²) in [7, 11) is 2.03. The molecule has 5 nitrogen and oxygen atoms in total. The molecule has 1 amide bonds. The number of amides is 1. The van der Waals surface area contributed by atoms with Crippen molar-refractivity contribution < 1.29 is 9.53 Å². The molecule has 1 heterocycles. The fourth-order valence-electron chi connectivity index (χ4n) is 2.81. The number of ether oxygens (including phenoxy) is 1. The topological polar surface area (TPSA) is 55.6 Å². The molecule has 0 saturated carbocycles. The van der Waals surface area contributed by atoms with Gasteiger partial charge in [0, 0.05) is 23.5 Å². The Morgan fingerprint density at radius 1 is 1.17 bits per heavy atom. The highest BCUT2D eigenvalue weighted by Crippen LogP contribution is 2.31. The van der Waals surface area contributed by atoms with Gasteiger partial charge in [-0.05, 0) is 18.6 Å². The Bertz CT molecular complexity index is 882. The van der Waals surface area contributed by atoms with E-state index in [1.807, 2.05) is 43.4 Å². The molecule has 0 aliphatic rings. The van der Waals surface area contributed by atoms with E-state index in [4.69, 9.17) is 4.74 Å². The van der Waals surface area contributed by atoms with Gasteiger partial charge in [0.05, 0.1) is 18.5 Å². The van der Waals surface area contributed by atoms with E-state index >= 15 is 0 Å². The lowest BCUT2D eigenvalue weighted by atomic mass is 10.1. The number of rotatable bonds is 4. The number of benzene rings is 2. The van der Waals surface area contributed by atoms with Gasteiger partial charge in [0.2, 0.25) is 0 Å². The minimum atomic E-state index is -0.560. The standard InChI is InChI=1S/C19H19N3O2/c1-3-24-19(23)21-20-13-16-15-11-7-8-12-17(15)22(2)18(16)14-9-5-4-6-10-14/h4-13H,3H2,1-2H3,(H,21,23). The number of fused-ring (bicyclic) bond motifs is 1. The molecule has 122 valence electrons. The third-order valence-electron chi connectivity index (χ3n) is 3.82. The monoisotopic (exact) mass is 321 g/mol. The van der Waals surface area contributed by atoms with E-state index in [1.165, 1.54) is 0 Å². The van der Waals surface area contributed by atoms with E-state index in [0.717, 1.165) is 27.7 Å². The molecule has 3 aromatic rings. The summed E-state index contributed by atoms with van der Waals surface area (Å²) in [4.78, 5) is 11.4. The molecule has 0 bridgehead atoms. The van der Waals surface area contributed by atoms with Crippen LogP contribution >= 0.6 is 0 Å². The molecule has 0 radical (unpaired) electrons. The van der Waals surface area contributed by atoms with E-state index in [1.54, 1.807) is 13.1 Å². The summed E-state index contributed by atoms with van der Waals surface area (Å²) in [6.07, 6.45) is 1.11. The van der Waals surface area contributed by atoms with E-state index < -0.39 is 6.09 Å². The molecule has 0 saturated heterocycles. The van der Waals surface area contributed by atoms with Gasteiger partial charge in [-0.1, -0.05) is 48.5 Å². The van der Waals surface area contributed by atoms with Crippen LogP contribution in [-0.2, 0) is 11.8 Å². The number of aryl methyl sites for hydroxylation is 1. The van der Waals surface area contributed by atoms with E-state index in [-0.39, 0.29) is 0 Å². The Labute approximate surface area is 140 Å². The third-order valence-corrected chi connectivity index (χ3v) is 3.82. The number of nitrogens with one attached hydrogen (secondary N) is 1. The third kappa shape index (κ3) is 3.01. The van der Waals surface area contributed by atoms with Crippen LogP contribution in [0.25, 0.3) is 22.2 Å². The summed E-state index contributed by atoms with van der Waals surface area (Å²) >= 11 is 0. The highest BCUT2D eigenvalue weighted by molar-refractivity contribution is 6.06. The molecular weight excluding hydrogens is 302 g/mol. The molecule has 24 heavy (non-hydrogen) atoms. The van der Waals surface area contributed by atoms with Crippen LogP contribution in [0.5, 0.6) is 0 Å². The van der Waals surface area contributed by atoms with Crippen LogP contribution in [0.2, 0.25) is 0 Å². The summed E-state index contributed by atoms with van der Waals surface area (Å²) in [6, 6.07) is 18.2. The average Bonchev–Trinajstić information content (AvgIpc) is 2.89. The largest absolute Gasteiger partial charge is 0.449 e. The zero-order chi connectivity index (χ0) is 16.9. The molecular formula is C19H19N3O2. The number of nitrogens with zero attached hydrogens (tertiary/aromatic N) is 2. The summed E-state index contributed by atoms with van der Waals surface area (Å²) < 4.78 is 6.95. The Balaban J connectivity index is 2.08. The van der Waals surface area contributed by atoms with Crippen molar-refractivity contribution in [3.8, 4) is 11.3 Å². The molecule has 1 N–H and O–H groups in total. The Kier molecular flexibility index (Phi) is 4.61. The SMILES string of the molecule is CCOC(=O)NN=Cc1c(-c2ccccc2)n(C)c2ccccc12. The first kappa shape index (κ1) is 15.8. The quantitative estimate of drug-likeness (QED) is 0.585. The second-order valence-electron chi connectivity index (χ2n) is 5.29. The van der Waals surface area contributed by atoms with Gasteiger partial charge in [0.25, 0.3) is 0 Å². The van der Waals surface area contributed by atoms with Crippen LogP contribution in [-0.4, -0.2) is 23.5 Å². The molecule has 0 fully saturated rings. The molecule has 0 atom stereocenters. The number of hydrogen-bond donors (Lipinski definition) is 1. The second-order valence-corrected chi connectivity index (χ2v) is 5.29. The lowest BCUT2D eigenvalue weighted by Gasteiger charge is -2.06. The van der Waals surface area contributed by atoms with Gasteiger partial charge in [0.15, 0.2) is 0 Å². The Hall–Kier alpha value is -3.08. The van der Waals surface area contributed by atoms with Crippen LogP contribution in [0.4, 0.5) is 4.79 Å². The lowest BCUT2D eigenvalue weighted by Crippen LogP contribution is -2.18. The van der Waals surface area contributed by atoms with Gasteiger partial charge in [-0.2, -0.15) is 5.10 Å². The second kappa shape index (κ2) is 7.00. The first-order valence-corrected chi connectivity index (χ1v) is 7.81. The van der Waals surface area contributed by atoms with E-state index in [2.05, 4.69) is 33.3 Å². The smallest absolute Gasteiger partial charge is 0.427 e. The van der Waals surface area contributed by atoms with Gasteiger partial charge < -0.3 is 9.30 Å². The number of carbonyl (C=O) groups excluding carboxylic acids is 1. The summed E-state index contributed by atoms with van der Waals surface area (Å²) in [5.41, 5.74) is 6.58. The van der Waals surface area contributed by atoms with Crippen molar-refractivity contribution in [3.63, 3.8) is 0 Å². The maximum absolute atomic E-state index is 11.4. The van der Waals surface area contributed by atoms with Gasteiger partial charge in [-0.25, -0.2) is 10.2 Å².